The van der Waals surface area contributed by atoms with E-state index in [1.165, 1.54) is 16.2 Å². The van der Waals surface area contributed by atoms with E-state index >= 15 is 0 Å². The number of methoxy groups -OCH3 is 1. The Hall–Kier alpha value is -3.13. The predicted molar refractivity (Wildman–Crippen MR) is 122 cm³/mol. The summed E-state index contributed by atoms with van der Waals surface area (Å²) in [4.78, 5) is 27.2. The molecule has 2 unspecified atom stereocenters. The monoisotopic (exact) mass is 473 g/mol. The number of nitrogens with one attached hydrogen (secondary N) is 1. The number of aliphatic hydroxyl groups excluding tert-OH is 2. The zero-order valence-electron chi connectivity index (χ0n) is 18.5. The summed E-state index contributed by atoms with van der Waals surface area (Å²) in [6, 6.07) is 9.75. The second kappa shape index (κ2) is 11.1. The van der Waals surface area contributed by atoms with Gasteiger partial charge in [0, 0.05) is 17.8 Å². The van der Waals surface area contributed by atoms with Gasteiger partial charge in [-0.3, -0.25) is 4.79 Å². The van der Waals surface area contributed by atoms with E-state index in [1.54, 1.807) is 7.11 Å². The minimum absolute atomic E-state index is 0.0419. The van der Waals surface area contributed by atoms with Crippen molar-refractivity contribution in [3.05, 3.63) is 45.8 Å². The van der Waals surface area contributed by atoms with E-state index in [-0.39, 0.29) is 31.4 Å². The van der Waals surface area contributed by atoms with E-state index in [4.69, 9.17) is 14.6 Å². The fourth-order valence-corrected chi connectivity index (χ4v) is 4.83. The molecule has 2 heterocycles. The first-order valence-corrected chi connectivity index (χ1v) is 11.4. The van der Waals surface area contributed by atoms with Crippen LogP contribution in [-0.4, -0.2) is 60.1 Å². The van der Waals surface area contributed by atoms with Gasteiger partial charge in [0.25, 0.3) is 0 Å². The first kappa shape index (κ1) is 24.5. The highest BCUT2D eigenvalue weighted by atomic mass is 32.1. The number of carbonyl (C=O) groups excluding carboxylic acids is 2. The first-order valence-electron chi connectivity index (χ1n) is 10.5. The second-order valence-electron chi connectivity index (χ2n) is 7.83. The molecule has 3 rings (SSSR count). The highest BCUT2D eigenvalue weighted by molar-refractivity contribution is 7.16. The highest BCUT2D eigenvalue weighted by Gasteiger charge is 2.28. The summed E-state index contributed by atoms with van der Waals surface area (Å²) in [7, 11) is 1.60. The van der Waals surface area contributed by atoms with E-state index in [0.29, 0.717) is 23.5 Å². The quantitative estimate of drug-likeness (QED) is 0.537. The Balaban J connectivity index is 1.65. The van der Waals surface area contributed by atoms with Gasteiger partial charge in [-0.05, 0) is 35.6 Å². The maximum Gasteiger partial charge on any atom is 0.410 e. The predicted octanol–water partition coefficient (Wildman–Crippen LogP) is 2.61. The standard InChI is InChI=1S/C23H27N3O6S/c1-14(15-4-3-5-17(9-15)31-2)8-21(29)25-22-19(10-24)18-6-7-26(11-20(18)33-22)23(30)32-13-16(28)12-27/h3-5,9,14,16,27-28H,6-8,11-13H2,1-2H3,(H,25,29). The molecular formula is C23H27N3O6S. The average molecular weight is 474 g/mol. The Bertz CT molecular complexity index is 1050. The Morgan fingerprint density at radius 3 is 2.88 bits per heavy atom. The Morgan fingerprint density at radius 2 is 2.18 bits per heavy atom. The van der Waals surface area contributed by atoms with Gasteiger partial charge in [-0.2, -0.15) is 5.26 Å². The number of amides is 2. The van der Waals surface area contributed by atoms with Crippen molar-refractivity contribution in [1.29, 1.82) is 5.26 Å². The summed E-state index contributed by atoms with van der Waals surface area (Å²) in [5, 5.41) is 31.2. The number of benzene rings is 1. The molecule has 3 N–H and O–H groups in total. The topological polar surface area (TPSA) is 132 Å². The summed E-state index contributed by atoms with van der Waals surface area (Å²) in [5.41, 5.74) is 2.25. The molecule has 1 aliphatic rings. The fourth-order valence-electron chi connectivity index (χ4n) is 3.60. The molecule has 1 aliphatic heterocycles. The maximum absolute atomic E-state index is 12.7. The average Bonchev–Trinajstić information content (AvgIpc) is 3.17. The zero-order chi connectivity index (χ0) is 24.0. The lowest BCUT2D eigenvalue weighted by molar-refractivity contribution is -0.116. The molecule has 2 amide bonds. The number of hydrogen-bond acceptors (Lipinski definition) is 8. The van der Waals surface area contributed by atoms with Gasteiger partial charge in [0.05, 0.1) is 25.8 Å². The molecule has 0 bridgehead atoms. The minimum atomic E-state index is -1.12. The van der Waals surface area contributed by atoms with Gasteiger partial charge in [0.1, 0.15) is 29.5 Å². The van der Waals surface area contributed by atoms with E-state index in [9.17, 15) is 20.0 Å². The van der Waals surface area contributed by atoms with Gasteiger partial charge in [0.2, 0.25) is 5.91 Å². The number of rotatable bonds is 8. The maximum atomic E-state index is 12.7. The first-order chi connectivity index (χ1) is 15.9. The van der Waals surface area contributed by atoms with Crippen molar-refractivity contribution < 1.29 is 29.3 Å². The molecular weight excluding hydrogens is 446 g/mol. The molecule has 1 aromatic heterocycles. The molecule has 0 spiro atoms. The molecule has 33 heavy (non-hydrogen) atoms. The summed E-state index contributed by atoms with van der Waals surface area (Å²) in [6.07, 6.45) is -1.02. The smallest absolute Gasteiger partial charge is 0.410 e. The van der Waals surface area contributed by atoms with E-state index in [1.807, 2.05) is 31.2 Å². The largest absolute Gasteiger partial charge is 0.497 e. The number of fused-ring (bicyclic) bond motifs is 1. The summed E-state index contributed by atoms with van der Waals surface area (Å²) < 4.78 is 10.3. The van der Waals surface area contributed by atoms with E-state index < -0.39 is 18.8 Å². The molecule has 0 saturated carbocycles. The minimum Gasteiger partial charge on any atom is -0.497 e. The number of nitrogens with zero attached hydrogens (tertiary/aromatic N) is 2. The van der Waals surface area contributed by atoms with Crippen molar-refractivity contribution in [1.82, 2.24) is 4.90 Å². The lowest BCUT2D eigenvalue weighted by Gasteiger charge is -2.26. The van der Waals surface area contributed by atoms with Gasteiger partial charge in [-0.1, -0.05) is 19.1 Å². The van der Waals surface area contributed by atoms with Crippen LogP contribution in [0.1, 0.15) is 40.8 Å². The molecule has 2 atom stereocenters. The van der Waals surface area contributed by atoms with Gasteiger partial charge < -0.3 is 29.9 Å². The number of ether oxygens (including phenoxy) is 2. The summed E-state index contributed by atoms with van der Waals surface area (Å²) in [5.74, 6) is 0.487. The number of nitriles is 1. The number of anilines is 1. The van der Waals surface area contributed by atoms with Crippen molar-refractivity contribution in [2.45, 2.75) is 38.3 Å². The third kappa shape index (κ3) is 6.01. The number of carbonyl (C=O) groups is 2. The van der Waals surface area contributed by atoms with Crippen molar-refractivity contribution in [3.8, 4) is 11.8 Å². The zero-order valence-corrected chi connectivity index (χ0v) is 19.4. The second-order valence-corrected chi connectivity index (χ2v) is 8.94. The van der Waals surface area contributed by atoms with Crippen LogP contribution in [-0.2, 0) is 22.5 Å². The van der Waals surface area contributed by atoms with Crippen molar-refractivity contribution in [3.63, 3.8) is 0 Å². The van der Waals surface area contributed by atoms with Crippen LogP contribution in [0.4, 0.5) is 9.80 Å². The van der Waals surface area contributed by atoms with E-state index in [2.05, 4.69) is 11.4 Å². The molecule has 9 nitrogen and oxygen atoms in total. The Morgan fingerprint density at radius 1 is 1.39 bits per heavy atom. The lowest BCUT2D eigenvalue weighted by Crippen LogP contribution is -2.37. The molecule has 2 aromatic rings. The third-order valence-electron chi connectivity index (χ3n) is 5.44. The van der Waals surface area contributed by atoms with Crippen LogP contribution >= 0.6 is 11.3 Å². The molecule has 0 aliphatic carbocycles. The highest BCUT2D eigenvalue weighted by Crippen LogP contribution is 2.37. The van der Waals surface area contributed by atoms with Gasteiger partial charge in [-0.15, -0.1) is 11.3 Å². The van der Waals surface area contributed by atoms with Crippen LogP contribution < -0.4 is 10.1 Å². The molecule has 0 radical (unpaired) electrons. The van der Waals surface area contributed by atoms with Crippen molar-refractivity contribution >= 4 is 28.3 Å². The molecule has 0 saturated heterocycles. The van der Waals surface area contributed by atoms with Crippen molar-refractivity contribution in [2.24, 2.45) is 0 Å². The molecule has 0 fully saturated rings. The van der Waals surface area contributed by atoms with Crippen LogP contribution in [0.3, 0.4) is 0 Å². The molecule has 176 valence electrons. The SMILES string of the molecule is COc1cccc(C(C)CC(=O)Nc2sc3c(c2C#N)CCN(C(=O)OCC(O)CO)C3)c1. The van der Waals surface area contributed by atoms with Crippen LogP contribution in [0.5, 0.6) is 5.75 Å². The fraction of sp³-hybridized carbons (Fsp3) is 0.435. The summed E-state index contributed by atoms with van der Waals surface area (Å²) >= 11 is 1.28. The number of aliphatic hydroxyl groups is 2. The molecule has 10 heteroatoms. The van der Waals surface area contributed by atoms with Gasteiger partial charge >= 0.3 is 6.09 Å². The van der Waals surface area contributed by atoms with Crippen LogP contribution in [0.25, 0.3) is 0 Å². The van der Waals surface area contributed by atoms with Crippen LogP contribution in [0, 0.1) is 11.3 Å². The normalized spacial score (nSPS) is 14.6. The van der Waals surface area contributed by atoms with Crippen LogP contribution in [0.2, 0.25) is 0 Å². The third-order valence-corrected chi connectivity index (χ3v) is 6.58. The summed E-state index contributed by atoms with van der Waals surface area (Å²) in [6.45, 7) is 1.77. The number of thiophene rings is 1. The van der Waals surface area contributed by atoms with Gasteiger partial charge in [-0.25, -0.2) is 4.79 Å². The number of hydrogen-bond donors (Lipinski definition) is 3. The Kier molecular flexibility index (Phi) is 8.27. The Labute approximate surface area is 196 Å². The van der Waals surface area contributed by atoms with Crippen molar-refractivity contribution in [2.75, 3.05) is 32.2 Å². The van der Waals surface area contributed by atoms with Crippen LogP contribution in [0.15, 0.2) is 24.3 Å². The lowest BCUT2D eigenvalue weighted by atomic mass is 9.97. The van der Waals surface area contributed by atoms with Gasteiger partial charge in [0.15, 0.2) is 0 Å². The van der Waals surface area contributed by atoms with E-state index in [0.717, 1.165) is 21.8 Å². The molecule has 1 aromatic carbocycles.